The second-order valence-corrected chi connectivity index (χ2v) is 24.2. The van der Waals surface area contributed by atoms with Gasteiger partial charge >= 0.3 is 0 Å². The van der Waals surface area contributed by atoms with E-state index in [1.165, 1.54) is 6.42 Å². The molecule has 0 bridgehead atoms. The summed E-state index contributed by atoms with van der Waals surface area (Å²) in [5.74, 6) is -1.47. The Kier molecular flexibility index (Phi) is 17.2. The number of rotatable bonds is 17. The summed E-state index contributed by atoms with van der Waals surface area (Å²) in [7, 11) is -2.93. The molecule has 5 amide bonds. The summed E-state index contributed by atoms with van der Waals surface area (Å²) < 4.78 is 7.05. The molecule has 3 aliphatic heterocycles. The van der Waals surface area contributed by atoms with Crippen LogP contribution in [0.1, 0.15) is 130 Å². The molecule has 0 saturated carbocycles. The van der Waals surface area contributed by atoms with Gasteiger partial charge in [-0.1, -0.05) is 125 Å². The first-order valence-corrected chi connectivity index (χ1v) is 26.4. The summed E-state index contributed by atoms with van der Waals surface area (Å²) in [5, 5.41) is 10.8. The van der Waals surface area contributed by atoms with Crippen LogP contribution in [0.15, 0.2) is 84.9 Å². The summed E-state index contributed by atoms with van der Waals surface area (Å²) in [4.78, 5) is 86.6. The number of Topliss-reactive ketones (excluding diaryl/α,β-unsaturated/α-hetero) is 1. The lowest BCUT2D eigenvalue weighted by Crippen LogP contribution is -2.68. The van der Waals surface area contributed by atoms with Crippen molar-refractivity contribution in [3.05, 3.63) is 96.1 Å². The summed E-state index contributed by atoms with van der Waals surface area (Å²) >= 11 is 0. The molecule has 3 saturated heterocycles. The Balaban J connectivity index is 1.08. The van der Waals surface area contributed by atoms with Crippen LogP contribution in [-0.2, 0) is 46.0 Å². The number of benzene rings is 3. The van der Waals surface area contributed by atoms with E-state index in [9.17, 15) is 28.8 Å². The van der Waals surface area contributed by atoms with Crippen molar-refractivity contribution in [1.82, 2.24) is 25.8 Å². The van der Waals surface area contributed by atoms with E-state index >= 15 is 0 Å². The third kappa shape index (κ3) is 12.1. The lowest BCUT2D eigenvalue weighted by Gasteiger charge is -2.44. The smallest absolute Gasteiger partial charge is 0.262 e. The molecule has 0 aliphatic carbocycles. The average Bonchev–Trinajstić information content (AvgIpc) is 3.82. The molecule has 0 aromatic heterocycles. The monoisotopic (exact) mass is 920 g/mol. The standard InChI is InChI=1S/C53H73N5O7Si/c1-7-53(6)51(64)55-44(37-40-30-28-39(29-31-40)32-33-47(60)57-34-18-11-19-35-57)50(63)58-36-20-26-45(58)49(62)54-43(48(61)56-53)25-16-10-17-27-46(59)38(2)65-66(52(3,4)5,41-21-12-8-13-22-41)42-23-14-9-15-24-42/h8-9,12-15,21-24,28-31,38,43-45H,7,10-11,16-20,25-27,32-37H2,1-6H3,(H,54,62)(H,55,64)(H,56,61)/t38-,43+,44+,45-,53+/m1/s1. The van der Waals surface area contributed by atoms with Gasteiger partial charge in [0.05, 0.1) is 0 Å². The number of fused-ring (bicyclic) bond motifs is 1. The maximum absolute atomic E-state index is 14.4. The number of carbonyl (C=O) groups is 6. The first kappa shape index (κ1) is 50.3. The Hall–Kier alpha value is -5.14. The molecule has 13 heteroatoms. The zero-order valence-electron chi connectivity index (χ0n) is 40.2. The minimum atomic E-state index is -2.93. The van der Waals surface area contributed by atoms with Gasteiger partial charge in [0.2, 0.25) is 29.5 Å². The van der Waals surface area contributed by atoms with E-state index in [1.807, 2.05) is 72.5 Å². The van der Waals surface area contributed by atoms with Crippen LogP contribution in [0.25, 0.3) is 0 Å². The van der Waals surface area contributed by atoms with Crippen LogP contribution in [0, 0.1) is 0 Å². The Bertz CT molecular complexity index is 2100. The molecule has 0 radical (unpaired) electrons. The van der Waals surface area contributed by atoms with Crippen molar-refractivity contribution >= 4 is 54.0 Å². The lowest BCUT2D eigenvalue weighted by atomic mass is 9.94. The average molecular weight is 920 g/mol. The molecule has 3 aromatic carbocycles. The Morgan fingerprint density at radius 3 is 1.98 bits per heavy atom. The van der Waals surface area contributed by atoms with Gasteiger partial charge in [-0.2, -0.15) is 0 Å². The van der Waals surface area contributed by atoms with Crippen molar-refractivity contribution in [2.24, 2.45) is 0 Å². The lowest BCUT2D eigenvalue weighted by molar-refractivity contribution is -0.144. The van der Waals surface area contributed by atoms with Gasteiger partial charge in [-0.15, -0.1) is 0 Å². The van der Waals surface area contributed by atoms with Crippen molar-refractivity contribution in [3.8, 4) is 0 Å². The third-order valence-corrected chi connectivity index (χ3v) is 19.2. The van der Waals surface area contributed by atoms with E-state index in [4.69, 9.17) is 4.43 Å². The van der Waals surface area contributed by atoms with E-state index < -0.39 is 55.8 Å². The number of carbonyl (C=O) groups excluding carboxylic acids is 6. The zero-order chi connectivity index (χ0) is 47.5. The minimum absolute atomic E-state index is 0.0160. The number of aryl methyl sites for hydroxylation is 1. The molecule has 5 atom stereocenters. The molecule has 66 heavy (non-hydrogen) atoms. The van der Waals surface area contributed by atoms with E-state index in [2.05, 4.69) is 61.0 Å². The molecule has 0 unspecified atom stereocenters. The predicted molar refractivity (Wildman–Crippen MR) is 261 cm³/mol. The minimum Gasteiger partial charge on any atom is -0.398 e. The normalized spacial score (nSPS) is 22.6. The van der Waals surface area contributed by atoms with Gasteiger partial charge in [-0.3, -0.25) is 28.8 Å². The zero-order valence-corrected chi connectivity index (χ0v) is 41.2. The molecular weight excluding hydrogens is 847 g/mol. The predicted octanol–water partition coefficient (Wildman–Crippen LogP) is 5.92. The number of ketones is 1. The number of unbranched alkanes of at least 4 members (excludes halogenated alkanes) is 2. The van der Waals surface area contributed by atoms with Crippen LogP contribution in [0.5, 0.6) is 0 Å². The highest BCUT2D eigenvalue weighted by Gasteiger charge is 2.51. The van der Waals surface area contributed by atoms with Gasteiger partial charge in [0.15, 0.2) is 5.78 Å². The number of hydrogen-bond donors (Lipinski definition) is 3. The number of likely N-dealkylation sites (tertiary alicyclic amines) is 1. The third-order valence-electron chi connectivity index (χ3n) is 14.1. The Morgan fingerprint density at radius 1 is 0.758 bits per heavy atom. The molecule has 3 fully saturated rings. The molecular formula is C53H73N5O7Si. The Morgan fingerprint density at radius 2 is 1.38 bits per heavy atom. The molecule has 356 valence electrons. The topological polar surface area (TPSA) is 154 Å². The summed E-state index contributed by atoms with van der Waals surface area (Å²) in [6, 6.07) is 25.6. The number of nitrogens with one attached hydrogen (secondary N) is 3. The van der Waals surface area contributed by atoms with E-state index in [0.717, 1.165) is 47.4 Å². The quantitative estimate of drug-likeness (QED) is 0.112. The highest BCUT2D eigenvalue weighted by molar-refractivity contribution is 6.99. The molecule has 12 nitrogen and oxygen atoms in total. The van der Waals surface area contributed by atoms with Gasteiger partial charge in [0, 0.05) is 38.9 Å². The molecule has 3 heterocycles. The molecule has 3 N–H and O–H groups in total. The number of hydrogen-bond acceptors (Lipinski definition) is 7. The van der Waals surface area contributed by atoms with Gasteiger partial charge in [0.25, 0.3) is 8.32 Å². The van der Waals surface area contributed by atoms with Crippen molar-refractivity contribution < 1.29 is 33.2 Å². The van der Waals surface area contributed by atoms with Gasteiger partial charge < -0.3 is 30.2 Å². The summed E-state index contributed by atoms with van der Waals surface area (Å²) in [6.07, 6.45) is 7.58. The highest BCUT2D eigenvalue weighted by Crippen LogP contribution is 2.38. The van der Waals surface area contributed by atoms with Crippen LogP contribution in [0.3, 0.4) is 0 Å². The van der Waals surface area contributed by atoms with Gasteiger partial charge in [-0.05, 0) is 98.2 Å². The highest BCUT2D eigenvalue weighted by atomic mass is 28.4. The maximum atomic E-state index is 14.4. The maximum Gasteiger partial charge on any atom is 0.262 e. The van der Waals surface area contributed by atoms with E-state index in [1.54, 1.807) is 18.7 Å². The second-order valence-electron chi connectivity index (χ2n) is 19.9. The fourth-order valence-corrected chi connectivity index (χ4v) is 14.6. The fourth-order valence-electron chi connectivity index (χ4n) is 9.90. The molecule has 6 rings (SSSR count). The van der Waals surface area contributed by atoms with Crippen molar-refractivity contribution in [3.63, 3.8) is 0 Å². The van der Waals surface area contributed by atoms with Crippen LogP contribution >= 0.6 is 0 Å². The number of piperidine rings is 1. The molecule has 3 aliphatic rings. The summed E-state index contributed by atoms with van der Waals surface area (Å²) in [5.41, 5.74) is 0.489. The van der Waals surface area contributed by atoms with Gasteiger partial charge in [0.1, 0.15) is 29.8 Å². The SMILES string of the molecule is CC[C@]1(C)NC(=O)[C@H](CCCCCC(=O)[C@@H](C)O[Si](c2ccccc2)(c2ccccc2)C(C)(C)C)NC(=O)[C@H]2CCCN2C(=O)[C@H](Cc2ccc(CCC(=O)N3CCCCC3)cc2)NC1=O. The number of nitrogens with zero attached hydrogens (tertiary/aromatic N) is 2. The number of amides is 5. The molecule has 3 aromatic rings. The summed E-state index contributed by atoms with van der Waals surface area (Å²) in [6.45, 7) is 13.9. The van der Waals surface area contributed by atoms with Crippen molar-refractivity contribution in [2.45, 2.75) is 166 Å². The van der Waals surface area contributed by atoms with Crippen LogP contribution in [0.2, 0.25) is 5.04 Å². The largest absolute Gasteiger partial charge is 0.398 e. The Labute approximate surface area is 393 Å². The van der Waals surface area contributed by atoms with E-state index in [-0.39, 0.29) is 35.5 Å². The first-order valence-electron chi connectivity index (χ1n) is 24.5. The van der Waals surface area contributed by atoms with Crippen LogP contribution < -0.4 is 26.3 Å². The van der Waals surface area contributed by atoms with Crippen LogP contribution in [-0.4, -0.2) is 103 Å². The second kappa shape index (κ2) is 22.6. The van der Waals surface area contributed by atoms with E-state index in [0.29, 0.717) is 64.3 Å². The van der Waals surface area contributed by atoms with Crippen molar-refractivity contribution in [2.75, 3.05) is 19.6 Å². The fraction of sp³-hybridized carbons (Fsp3) is 0.547. The first-order chi connectivity index (χ1) is 31.6. The van der Waals surface area contributed by atoms with Crippen LogP contribution in [0.4, 0.5) is 0 Å². The van der Waals surface area contributed by atoms with Gasteiger partial charge in [-0.25, -0.2) is 0 Å². The molecule has 0 spiro atoms. The van der Waals surface area contributed by atoms with Crippen molar-refractivity contribution in [1.29, 1.82) is 0 Å².